The summed E-state index contributed by atoms with van der Waals surface area (Å²) >= 11 is 0. The number of rotatable bonds is 7. The highest BCUT2D eigenvalue weighted by molar-refractivity contribution is 5.86. The van der Waals surface area contributed by atoms with Gasteiger partial charge in [-0.2, -0.15) is 0 Å². The summed E-state index contributed by atoms with van der Waals surface area (Å²) in [5.74, 6) is 0.657. The minimum absolute atomic E-state index is 0.144. The van der Waals surface area contributed by atoms with E-state index in [1.165, 1.54) is 32.6 Å². The number of oxime groups is 1. The fraction of sp³-hybridized carbons (Fsp3) is 0.188. The molecule has 7 nitrogen and oxygen atoms in total. The molecule has 0 N–H and O–H groups in total. The van der Waals surface area contributed by atoms with Crippen LogP contribution in [0, 0.1) is 10.1 Å². The van der Waals surface area contributed by atoms with E-state index in [0.29, 0.717) is 5.75 Å². The van der Waals surface area contributed by atoms with Crippen LogP contribution in [0.15, 0.2) is 47.6 Å². The fourth-order valence-corrected chi connectivity index (χ4v) is 1.93. The Morgan fingerprint density at radius 2 is 1.78 bits per heavy atom. The van der Waals surface area contributed by atoms with E-state index in [1.807, 2.05) is 30.3 Å². The minimum atomic E-state index is -0.513. The van der Waals surface area contributed by atoms with Crippen molar-refractivity contribution in [1.82, 2.24) is 0 Å². The molecule has 0 fully saturated rings. The first kappa shape index (κ1) is 16.3. The average Bonchev–Trinajstić information content (AvgIpc) is 2.58. The molecule has 0 radical (unpaired) electrons. The van der Waals surface area contributed by atoms with Crippen molar-refractivity contribution >= 4 is 11.9 Å². The number of nitro benzene ring substituents is 1. The van der Waals surface area contributed by atoms with E-state index in [2.05, 4.69) is 5.16 Å². The van der Waals surface area contributed by atoms with Crippen LogP contribution >= 0.6 is 0 Å². The van der Waals surface area contributed by atoms with Gasteiger partial charge in [-0.3, -0.25) is 10.1 Å². The van der Waals surface area contributed by atoms with Crippen LogP contribution in [0.25, 0.3) is 0 Å². The molecule has 0 heterocycles. The van der Waals surface area contributed by atoms with Crippen LogP contribution in [-0.2, 0) is 11.4 Å². The summed E-state index contributed by atoms with van der Waals surface area (Å²) in [5, 5.41) is 14.9. The van der Waals surface area contributed by atoms with Gasteiger partial charge in [-0.15, -0.1) is 0 Å². The van der Waals surface area contributed by atoms with Crippen molar-refractivity contribution in [3.05, 3.63) is 63.7 Å². The third-order valence-corrected chi connectivity index (χ3v) is 3.07. The zero-order chi connectivity index (χ0) is 16.7. The summed E-state index contributed by atoms with van der Waals surface area (Å²) in [6.45, 7) is 0.276. The molecule has 0 bridgehead atoms. The van der Waals surface area contributed by atoms with Crippen molar-refractivity contribution < 1.29 is 19.2 Å². The zero-order valence-electron chi connectivity index (χ0n) is 12.8. The normalized spacial score (nSPS) is 10.5. The standard InChI is InChI=1S/C16H16N2O5/c1-21-15-8-13(14(18(19)20)9-16(15)22-2)10-17-23-11-12-6-4-3-5-7-12/h3-10H,11H2,1-2H3/b17-10-. The van der Waals surface area contributed by atoms with Gasteiger partial charge < -0.3 is 14.3 Å². The number of nitrogens with zero attached hydrogens (tertiary/aromatic N) is 2. The maximum absolute atomic E-state index is 11.2. The van der Waals surface area contributed by atoms with Crippen LogP contribution in [0.2, 0.25) is 0 Å². The molecule has 2 rings (SSSR count). The minimum Gasteiger partial charge on any atom is -0.493 e. The quantitative estimate of drug-likeness (QED) is 0.445. The predicted molar refractivity (Wildman–Crippen MR) is 85.0 cm³/mol. The molecule has 2 aromatic carbocycles. The molecule has 0 unspecified atom stereocenters. The summed E-state index contributed by atoms with van der Waals surface area (Å²) in [5.41, 5.74) is 1.07. The summed E-state index contributed by atoms with van der Waals surface area (Å²) < 4.78 is 10.2. The van der Waals surface area contributed by atoms with Gasteiger partial charge in [-0.25, -0.2) is 0 Å². The van der Waals surface area contributed by atoms with Crippen molar-refractivity contribution in [2.75, 3.05) is 14.2 Å². The number of benzene rings is 2. The smallest absolute Gasteiger partial charge is 0.282 e. The Morgan fingerprint density at radius 3 is 2.39 bits per heavy atom. The van der Waals surface area contributed by atoms with E-state index in [0.717, 1.165) is 5.56 Å². The third kappa shape index (κ3) is 4.19. The molecular weight excluding hydrogens is 300 g/mol. The fourth-order valence-electron chi connectivity index (χ4n) is 1.93. The summed E-state index contributed by atoms with van der Waals surface area (Å²) in [4.78, 5) is 15.8. The Morgan fingerprint density at radius 1 is 1.13 bits per heavy atom. The van der Waals surface area contributed by atoms with Crippen molar-refractivity contribution in [2.24, 2.45) is 5.16 Å². The lowest BCUT2D eigenvalue weighted by Crippen LogP contribution is -1.99. The van der Waals surface area contributed by atoms with Crippen molar-refractivity contribution in [1.29, 1.82) is 0 Å². The van der Waals surface area contributed by atoms with Gasteiger partial charge in [-0.1, -0.05) is 35.5 Å². The third-order valence-electron chi connectivity index (χ3n) is 3.07. The van der Waals surface area contributed by atoms with Gasteiger partial charge in [0.2, 0.25) is 0 Å². The maximum atomic E-state index is 11.2. The number of hydrogen-bond donors (Lipinski definition) is 0. The number of nitro groups is 1. The first-order chi connectivity index (χ1) is 11.2. The van der Waals surface area contributed by atoms with Gasteiger partial charge in [0.05, 0.1) is 37.0 Å². The average molecular weight is 316 g/mol. The van der Waals surface area contributed by atoms with Gasteiger partial charge in [0, 0.05) is 0 Å². The van der Waals surface area contributed by atoms with Crippen LogP contribution in [-0.4, -0.2) is 25.4 Å². The van der Waals surface area contributed by atoms with E-state index < -0.39 is 4.92 Å². The molecule has 23 heavy (non-hydrogen) atoms. The van der Waals surface area contributed by atoms with Gasteiger partial charge in [0.1, 0.15) is 6.61 Å². The van der Waals surface area contributed by atoms with Crippen LogP contribution in [0.3, 0.4) is 0 Å². The molecule has 0 aliphatic heterocycles. The Kier molecular flexibility index (Phi) is 5.51. The molecule has 120 valence electrons. The second-order valence-corrected chi connectivity index (χ2v) is 4.52. The molecule has 0 aliphatic rings. The van der Waals surface area contributed by atoms with Gasteiger partial charge >= 0.3 is 0 Å². The number of methoxy groups -OCH3 is 2. The van der Waals surface area contributed by atoms with Gasteiger partial charge in [0.25, 0.3) is 5.69 Å². The lowest BCUT2D eigenvalue weighted by Gasteiger charge is -2.08. The Bertz CT molecular complexity index is 701. The second-order valence-electron chi connectivity index (χ2n) is 4.52. The lowest BCUT2D eigenvalue weighted by molar-refractivity contribution is -0.385. The lowest BCUT2D eigenvalue weighted by atomic mass is 10.1. The maximum Gasteiger partial charge on any atom is 0.282 e. The largest absolute Gasteiger partial charge is 0.493 e. The van der Waals surface area contributed by atoms with E-state index in [9.17, 15) is 10.1 Å². The summed E-state index contributed by atoms with van der Waals surface area (Å²) in [7, 11) is 2.87. The molecule has 0 aliphatic carbocycles. The molecular formula is C16H16N2O5. The number of hydrogen-bond acceptors (Lipinski definition) is 6. The Labute approximate surface area is 133 Å². The van der Waals surface area contributed by atoms with Crippen LogP contribution in [0.5, 0.6) is 11.5 Å². The van der Waals surface area contributed by atoms with Crippen LogP contribution in [0.1, 0.15) is 11.1 Å². The highest BCUT2D eigenvalue weighted by Crippen LogP contribution is 2.33. The van der Waals surface area contributed by atoms with Crippen molar-refractivity contribution in [3.63, 3.8) is 0 Å². The van der Waals surface area contributed by atoms with E-state index in [4.69, 9.17) is 14.3 Å². The molecule has 7 heteroatoms. The zero-order valence-corrected chi connectivity index (χ0v) is 12.8. The summed E-state index contributed by atoms with van der Waals surface area (Å²) in [6.07, 6.45) is 1.28. The molecule has 0 amide bonds. The highest BCUT2D eigenvalue weighted by atomic mass is 16.6. The Balaban J connectivity index is 2.17. The van der Waals surface area contributed by atoms with Crippen molar-refractivity contribution in [2.45, 2.75) is 6.61 Å². The molecule has 0 spiro atoms. The predicted octanol–water partition coefficient (Wildman–Crippen LogP) is 3.16. The van der Waals surface area contributed by atoms with Crippen LogP contribution < -0.4 is 9.47 Å². The van der Waals surface area contributed by atoms with Gasteiger partial charge in [0.15, 0.2) is 11.5 Å². The van der Waals surface area contributed by atoms with E-state index >= 15 is 0 Å². The Hall–Kier alpha value is -3.09. The second kappa shape index (κ2) is 7.79. The van der Waals surface area contributed by atoms with Crippen LogP contribution in [0.4, 0.5) is 5.69 Å². The molecule has 0 saturated heterocycles. The first-order valence-electron chi connectivity index (χ1n) is 6.75. The monoisotopic (exact) mass is 316 g/mol. The van der Waals surface area contributed by atoms with E-state index in [-0.39, 0.29) is 23.6 Å². The molecule has 0 saturated carbocycles. The van der Waals surface area contributed by atoms with Crippen molar-refractivity contribution in [3.8, 4) is 11.5 Å². The molecule has 2 aromatic rings. The number of ether oxygens (including phenoxy) is 2. The summed E-state index contributed by atoms with van der Waals surface area (Å²) in [6, 6.07) is 12.2. The highest BCUT2D eigenvalue weighted by Gasteiger charge is 2.18. The topological polar surface area (TPSA) is 83.2 Å². The first-order valence-corrected chi connectivity index (χ1v) is 6.75. The molecule has 0 atom stereocenters. The molecule has 0 aromatic heterocycles. The van der Waals surface area contributed by atoms with E-state index in [1.54, 1.807) is 0 Å². The van der Waals surface area contributed by atoms with Gasteiger partial charge in [-0.05, 0) is 11.6 Å². The SMILES string of the molecule is COc1cc(/C=N\OCc2ccccc2)c([N+](=O)[O-])cc1OC.